The molecule has 0 aromatic heterocycles. The first kappa shape index (κ1) is 23.1. The van der Waals surface area contributed by atoms with Gasteiger partial charge < -0.3 is 5.11 Å². The van der Waals surface area contributed by atoms with Crippen LogP contribution in [-0.2, 0) is 27.7 Å². The number of piperidine rings is 1. The molecule has 172 valence electrons. The van der Waals surface area contributed by atoms with Crippen molar-refractivity contribution < 1.29 is 22.7 Å². The van der Waals surface area contributed by atoms with Gasteiger partial charge in [0.2, 0.25) is 10.0 Å². The molecule has 2 atom stereocenters. The van der Waals surface area contributed by atoms with Crippen molar-refractivity contribution in [2.75, 3.05) is 13.1 Å². The minimum atomic E-state index is -3.77. The van der Waals surface area contributed by atoms with Crippen molar-refractivity contribution in [1.82, 2.24) is 4.31 Å². The van der Waals surface area contributed by atoms with Crippen LogP contribution in [0.15, 0.2) is 83.8 Å². The van der Waals surface area contributed by atoms with Crippen LogP contribution in [0.5, 0.6) is 0 Å². The minimum absolute atomic E-state index is 0.0730. The smallest absolute Gasteiger partial charge is 0.307 e. The van der Waals surface area contributed by atoms with Crippen LogP contribution in [0.25, 0.3) is 0 Å². The summed E-state index contributed by atoms with van der Waals surface area (Å²) in [5.41, 5.74) is 2.81. The Morgan fingerprint density at radius 2 is 1.67 bits per heavy atom. The largest absolute Gasteiger partial charge is 0.481 e. The molecule has 1 saturated heterocycles. The summed E-state index contributed by atoms with van der Waals surface area (Å²) in [6.07, 6.45) is 1.39. The Labute approximate surface area is 193 Å². The molecular formula is C26H26FNO4S. The molecule has 3 aromatic rings. The number of aliphatic carboxylic acids is 1. The lowest BCUT2D eigenvalue weighted by Crippen LogP contribution is -2.43. The van der Waals surface area contributed by atoms with Crippen molar-refractivity contribution in [2.45, 2.75) is 30.1 Å². The van der Waals surface area contributed by atoms with Gasteiger partial charge in [0, 0.05) is 19.0 Å². The standard InChI is InChI=1S/C26H26FNO4S/c27-23-9-11-24(12-10-23)33(31,32)28-14-13-22(15-19-5-2-1-3-6-19)25(18-28)21-8-4-7-20(16-21)17-26(29)30/h1-12,16,22,25H,13-15,17-18H2,(H,29,30). The first-order valence-electron chi connectivity index (χ1n) is 10.9. The summed E-state index contributed by atoms with van der Waals surface area (Å²) in [5, 5.41) is 9.20. The molecule has 2 unspecified atom stereocenters. The highest BCUT2D eigenvalue weighted by atomic mass is 32.2. The van der Waals surface area contributed by atoms with Gasteiger partial charge in [0.1, 0.15) is 5.82 Å². The zero-order valence-electron chi connectivity index (χ0n) is 18.1. The summed E-state index contributed by atoms with van der Waals surface area (Å²) in [6.45, 7) is 0.663. The number of rotatable bonds is 7. The average molecular weight is 468 g/mol. The molecule has 1 aliphatic rings. The van der Waals surface area contributed by atoms with Crippen LogP contribution in [-0.4, -0.2) is 36.9 Å². The molecule has 0 bridgehead atoms. The Bertz CT molecular complexity index is 1210. The van der Waals surface area contributed by atoms with Crippen LogP contribution in [0.4, 0.5) is 4.39 Å². The summed E-state index contributed by atoms with van der Waals surface area (Å²) in [5.74, 6) is -1.28. The third-order valence-corrected chi connectivity index (χ3v) is 8.12. The third kappa shape index (κ3) is 5.49. The second-order valence-electron chi connectivity index (χ2n) is 8.48. The summed E-state index contributed by atoms with van der Waals surface area (Å²) in [6, 6.07) is 22.4. The number of benzene rings is 3. The van der Waals surface area contributed by atoms with Gasteiger partial charge in [-0.15, -0.1) is 0 Å². The van der Waals surface area contributed by atoms with Crippen LogP contribution in [0.1, 0.15) is 29.0 Å². The molecule has 4 rings (SSSR count). The number of hydrogen-bond acceptors (Lipinski definition) is 3. The molecule has 1 N–H and O–H groups in total. The number of carbonyl (C=O) groups is 1. The molecule has 0 spiro atoms. The van der Waals surface area contributed by atoms with Crippen LogP contribution < -0.4 is 0 Å². The fourth-order valence-electron chi connectivity index (χ4n) is 4.59. The number of halogens is 1. The van der Waals surface area contributed by atoms with E-state index in [1.807, 2.05) is 36.4 Å². The Morgan fingerprint density at radius 3 is 2.36 bits per heavy atom. The molecule has 0 aliphatic carbocycles. The number of carboxylic acids is 1. The van der Waals surface area contributed by atoms with Crippen molar-refractivity contribution in [3.63, 3.8) is 0 Å². The fourth-order valence-corrected chi connectivity index (χ4v) is 6.07. The molecular weight excluding hydrogens is 441 g/mol. The topological polar surface area (TPSA) is 74.7 Å². The van der Waals surface area contributed by atoms with Crippen LogP contribution in [0.2, 0.25) is 0 Å². The second kappa shape index (κ2) is 9.85. The van der Waals surface area contributed by atoms with Gasteiger partial charge in [0.05, 0.1) is 11.3 Å². The maximum atomic E-state index is 13.3. The van der Waals surface area contributed by atoms with E-state index in [1.165, 1.54) is 22.0 Å². The quantitative estimate of drug-likeness (QED) is 0.556. The highest BCUT2D eigenvalue weighted by Gasteiger charge is 2.36. The molecule has 0 saturated carbocycles. The van der Waals surface area contributed by atoms with E-state index in [2.05, 4.69) is 12.1 Å². The highest BCUT2D eigenvalue weighted by molar-refractivity contribution is 7.89. The van der Waals surface area contributed by atoms with Gasteiger partial charge in [-0.3, -0.25) is 4.79 Å². The number of nitrogens with zero attached hydrogens (tertiary/aromatic N) is 1. The summed E-state index contributed by atoms with van der Waals surface area (Å²) in [4.78, 5) is 11.3. The van der Waals surface area contributed by atoms with Crippen molar-refractivity contribution in [3.8, 4) is 0 Å². The Hall–Kier alpha value is -3.03. The number of hydrogen-bond donors (Lipinski definition) is 1. The average Bonchev–Trinajstić information content (AvgIpc) is 2.80. The lowest BCUT2D eigenvalue weighted by Gasteiger charge is -2.38. The molecule has 3 aromatic carbocycles. The van der Waals surface area contributed by atoms with E-state index in [-0.39, 0.29) is 29.7 Å². The van der Waals surface area contributed by atoms with Gasteiger partial charge in [-0.25, -0.2) is 12.8 Å². The molecule has 5 nitrogen and oxygen atoms in total. The zero-order valence-corrected chi connectivity index (χ0v) is 18.9. The molecule has 7 heteroatoms. The molecule has 1 heterocycles. The van der Waals surface area contributed by atoms with Crippen LogP contribution >= 0.6 is 0 Å². The summed E-state index contributed by atoms with van der Waals surface area (Å²) in [7, 11) is -3.77. The Kier molecular flexibility index (Phi) is 6.91. The van der Waals surface area contributed by atoms with Crippen LogP contribution in [0, 0.1) is 11.7 Å². The fraction of sp³-hybridized carbons (Fsp3) is 0.269. The van der Waals surface area contributed by atoms with E-state index in [9.17, 15) is 22.7 Å². The molecule has 1 fully saturated rings. The molecule has 1 aliphatic heterocycles. The predicted octanol–water partition coefficient (Wildman–Crippen LogP) is 4.49. The summed E-state index contributed by atoms with van der Waals surface area (Å²) < 4.78 is 41.4. The number of sulfonamides is 1. The van der Waals surface area contributed by atoms with E-state index >= 15 is 0 Å². The zero-order chi connectivity index (χ0) is 23.4. The SMILES string of the molecule is O=C(O)Cc1cccc(C2CN(S(=O)(=O)c3ccc(F)cc3)CCC2Cc2ccccc2)c1. The highest BCUT2D eigenvalue weighted by Crippen LogP contribution is 2.37. The van der Waals surface area contributed by atoms with Crippen molar-refractivity contribution in [2.24, 2.45) is 5.92 Å². The van der Waals surface area contributed by atoms with Crippen molar-refractivity contribution in [1.29, 1.82) is 0 Å². The maximum Gasteiger partial charge on any atom is 0.307 e. The van der Waals surface area contributed by atoms with E-state index < -0.39 is 21.8 Å². The summed E-state index contributed by atoms with van der Waals surface area (Å²) >= 11 is 0. The monoisotopic (exact) mass is 467 g/mol. The van der Waals surface area contributed by atoms with Crippen molar-refractivity contribution >= 4 is 16.0 Å². The molecule has 0 amide bonds. The Morgan fingerprint density at radius 1 is 0.970 bits per heavy atom. The predicted molar refractivity (Wildman–Crippen MR) is 124 cm³/mol. The first-order valence-corrected chi connectivity index (χ1v) is 12.4. The van der Waals surface area contributed by atoms with E-state index in [0.717, 1.165) is 24.1 Å². The van der Waals surface area contributed by atoms with E-state index in [1.54, 1.807) is 6.07 Å². The Balaban J connectivity index is 1.65. The van der Waals surface area contributed by atoms with Gasteiger partial charge >= 0.3 is 5.97 Å². The number of carboxylic acid groups (broad SMARTS) is 1. The van der Waals surface area contributed by atoms with Crippen molar-refractivity contribution in [3.05, 3.63) is 101 Å². The molecule has 0 radical (unpaired) electrons. The van der Waals surface area contributed by atoms with Gasteiger partial charge in [0.25, 0.3) is 0 Å². The minimum Gasteiger partial charge on any atom is -0.481 e. The maximum absolute atomic E-state index is 13.3. The lowest BCUT2D eigenvalue weighted by molar-refractivity contribution is -0.136. The van der Waals surface area contributed by atoms with E-state index in [4.69, 9.17) is 0 Å². The normalized spacial score (nSPS) is 19.3. The van der Waals surface area contributed by atoms with E-state index in [0.29, 0.717) is 18.5 Å². The first-order chi connectivity index (χ1) is 15.8. The van der Waals surface area contributed by atoms with Gasteiger partial charge in [0.15, 0.2) is 0 Å². The van der Waals surface area contributed by atoms with Gasteiger partial charge in [-0.1, -0.05) is 54.6 Å². The second-order valence-corrected chi connectivity index (χ2v) is 10.4. The van der Waals surface area contributed by atoms with Gasteiger partial charge in [-0.2, -0.15) is 4.31 Å². The molecule has 33 heavy (non-hydrogen) atoms. The third-order valence-electron chi connectivity index (χ3n) is 6.25. The van der Waals surface area contributed by atoms with Gasteiger partial charge in [-0.05, 0) is 59.7 Å². The lowest BCUT2D eigenvalue weighted by atomic mass is 9.77. The van der Waals surface area contributed by atoms with Crippen LogP contribution in [0.3, 0.4) is 0 Å².